The Morgan fingerprint density at radius 1 is 1.04 bits per heavy atom. The van der Waals surface area contributed by atoms with Gasteiger partial charge >= 0.3 is 0 Å². The standard InChI is InChI=1S/C23H19ClN2O2/c1-27-18-11-9-15(10-12-18)23-26-21(19-7-2-3-8-22(19)28-23)14-20(25-26)16-5-4-6-17(24)13-16/h2-13,21,23H,14H2,1H3/t21-,23-/m1/s1. The number of hydrogen-bond donors (Lipinski definition) is 0. The van der Waals surface area contributed by atoms with E-state index in [1.807, 2.05) is 60.7 Å². The lowest BCUT2D eigenvalue weighted by Gasteiger charge is -2.38. The van der Waals surface area contributed by atoms with Gasteiger partial charge in [0.15, 0.2) is 0 Å². The highest BCUT2D eigenvalue weighted by atomic mass is 35.5. The first kappa shape index (κ1) is 17.1. The summed E-state index contributed by atoms with van der Waals surface area (Å²) < 4.78 is 11.7. The predicted molar refractivity (Wildman–Crippen MR) is 110 cm³/mol. The Balaban J connectivity index is 1.57. The first-order chi connectivity index (χ1) is 13.7. The summed E-state index contributed by atoms with van der Waals surface area (Å²) in [5.74, 6) is 1.73. The summed E-state index contributed by atoms with van der Waals surface area (Å²) in [4.78, 5) is 0. The fraction of sp³-hybridized carbons (Fsp3) is 0.174. The fourth-order valence-electron chi connectivity index (χ4n) is 3.87. The smallest absolute Gasteiger partial charge is 0.213 e. The number of fused-ring (bicyclic) bond motifs is 3. The summed E-state index contributed by atoms with van der Waals surface area (Å²) in [6.07, 6.45) is 0.524. The maximum atomic E-state index is 6.37. The molecule has 0 saturated carbocycles. The van der Waals surface area contributed by atoms with Gasteiger partial charge in [0.2, 0.25) is 6.23 Å². The second-order valence-electron chi connectivity index (χ2n) is 6.94. The number of hydrazone groups is 1. The van der Waals surface area contributed by atoms with Crippen LogP contribution in [0.15, 0.2) is 77.9 Å². The van der Waals surface area contributed by atoms with Crippen LogP contribution in [0.1, 0.15) is 35.4 Å². The molecule has 0 N–H and O–H groups in total. The van der Waals surface area contributed by atoms with Crippen molar-refractivity contribution in [2.75, 3.05) is 7.11 Å². The third-order valence-electron chi connectivity index (χ3n) is 5.26. The van der Waals surface area contributed by atoms with Gasteiger partial charge in [-0.2, -0.15) is 5.10 Å². The molecule has 0 unspecified atom stereocenters. The molecule has 3 aromatic rings. The van der Waals surface area contributed by atoms with Crippen molar-refractivity contribution in [3.63, 3.8) is 0 Å². The van der Waals surface area contributed by atoms with Gasteiger partial charge in [0.05, 0.1) is 18.9 Å². The topological polar surface area (TPSA) is 34.1 Å². The third-order valence-corrected chi connectivity index (χ3v) is 5.49. The van der Waals surface area contributed by atoms with Gasteiger partial charge in [-0.3, -0.25) is 0 Å². The maximum Gasteiger partial charge on any atom is 0.213 e. The molecule has 5 rings (SSSR count). The Labute approximate surface area is 169 Å². The van der Waals surface area contributed by atoms with Crippen molar-refractivity contribution >= 4 is 17.3 Å². The zero-order valence-corrected chi connectivity index (χ0v) is 16.1. The molecular formula is C23H19ClN2O2. The van der Waals surface area contributed by atoms with Crippen molar-refractivity contribution in [3.05, 3.63) is 94.5 Å². The summed E-state index contributed by atoms with van der Waals surface area (Å²) in [6.45, 7) is 0. The van der Waals surface area contributed by atoms with E-state index in [9.17, 15) is 0 Å². The van der Waals surface area contributed by atoms with Crippen molar-refractivity contribution in [1.82, 2.24) is 5.01 Å². The summed E-state index contributed by atoms with van der Waals surface area (Å²) in [7, 11) is 1.67. The first-order valence-electron chi connectivity index (χ1n) is 9.24. The van der Waals surface area contributed by atoms with Gasteiger partial charge in [-0.05, 0) is 48.0 Å². The van der Waals surface area contributed by atoms with Crippen LogP contribution >= 0.6 is 11.6 Å². The number of ether oxygens (including phenoxy) is 2. The number of hydrogen-bond acceptors (Lipinski definition) is 4. The minimum Gasteiger partial charge on any atom is -0.497 e. The summed E-state index contributed by atoms with van der Waals surface area (Å²) in [6, 6.07) is 24.2. The number of halogens is 1. The lowest BCUT2D eigenvalue weighted by Crippen LogP contribution is -2.33. The number of nitrogens with zero attached hydrogens (tertiary/aromatic N) is 2. The quantitative estimate of drug-likeness (QED) is 0.584. The monoisotopic (exact) mass is 390 g/mol. The lowest BCUT2D eigenvalue weighted by molar-refractivity contribution is -0.0190. The number of rotatable bonds is 3. The molecule has 0 aromatic heterocycles. The van der Waals surface area contributed by atoms with Crippen molar-refractivity contribution in [1.29, 1.82) is 0 Å². The molecule has 0 aliphatic carbocycles. The number of benzene rings is 3. The molecule has 0 bridgehead atoms. The van der Waals surface area contributed by atoms with E-state index < -0.39 is 0 Å². The van der Waals surface area contributed by atoms with Crippen LogP contribution in [0, 0.1) is 0 Å². The molecule has 2 heterocycles. The summed E-state index contributed by atoms with van der Waals surface area (Å²) in [5, 5.41) is 7.74. The van der Waals surface area contributed by atoms with Gasteiger partial charge in [-0.15, -0.1) is 0 Å². The van der Waals surface area contributed by atoms with E-state index in [2.05, 4.69) is 17.1 Å². The van der Waals surface area contributed by atoms with Gasteiger partial charge < -0.3 is 9.47 Å². The van der Waals surface area contributed by atoms with Crippen LogP contribution in [-0.2, 0) is 0 Å². The molecule has 0 fully saturated rings. The zero-order chi connectivity index (χ0) is 19.1. The Kier molecular flexibility index (Phi) is 4.21. The Morgan fingerprint density at radius 3 is 2.64 bits per heavy atom. The van der Waals surface area contributed by atoms with Crippen LogP contribution in [0.25, 0.3) is 0 Å². The minimum absolute atomic E-state index is 0.131. The van der Waals surface area contributed by atoms with Gasteiger partial charge in [-0.25, -0.2) is 5.01 Å². The molecule has 0 saturated heterocycles. The highest BCUT2D eigenvalue weighted by Crippen LogP contribution is 2.47. The number of para-hydroxylation sites is 1. The fourth-order valence-corrected chi connectivity index (χ4v) is 4.06. The van der Waals surface area contributed by atoms with Crippen LogP contribution in [0.3, 0.4) is 0 Å². The SMILES string of the molecule is COc1ccc([C@H]2Oc3ccccc3[C@H]3CC(c4cccc(Cl)c4)=NN32)cc1. The Hall–Kier alpha value is -2.98. The van der Waals surface area contributed by atoms with Crippen LogP contribution in [0.5, 0.6) is 11.5 Å². The molecule has 140 valence electrons. The van der Waals surface area contributed by atoms with Crippen molar-refractivity contribution in [3.8, 4) is 11.5 Å². The number of methoxy groups -OCH3 is 1. The summed E-state index contributed by atoms with van der Waals surface area (Å²) in [5.41, 5.74) is 4.27. The van der Waals surface area contributed by atoms with E-state index >= 15 is 0 Å². The molecule has 2 aliphatic heterocycles. The predicted octanol–water partition coefficient (Wildman–Crippen LogP) is 5.59. The highest BCUT2D eigenvalue weighted by Gasteiger charge is 2.40. The van der Waals surface area contributed by atoms with E-state index in [0.717, 1.165) is 40.3 Å². The van der Waals surface area contributed by atoms with Crippen molar-refractivity contribution in [2.24, 2.45) is 5.10 Å². The minimum atomic E-state index is -0.289. The van der Waals surface area contributed by atoms with Gasteiger partial charge in [0.25, 0.3) is 0 Å². The average molecular weight is 391 g/mol. The molecule has 4 nitrogen and oxygen atoms in total. The Morgan fingerprint density at radius 2 is 1.86 bits per heavy atom. The normalized spacial score (nSPS) is 20.1. The second-order valence-corrected chi connectivity index (χ2v) is 7.37. The highest BCUT2D eigenvalue weighted by molar-refractivity contribution is 6.31. The molecule has 0 spiro atoms. The largest absolute Gasteiger partial charge is 0.497 e. The molecule has 5 heteroatoms. The van der Waals surface area contributed by atoms with E-state index in [0.29, 0.717) is 5.02 Å². The molecule has 2 aliphatic rings. The van der Waals surface area contributed by atoms with Crippen LogP contribution < -0.4 is 9.47 Å². The van der Waals surface area contributed by atoms with E-state index in [4.69, 9.17) is 26.2 Å². The molecule has 28 heavy (non-hydrogen) atoms. The van der Waals surface area contributed by atoms with Gasteiger partial charge in [0, 0.05) is 22.6 Å². The average Bonchev–Trinajstić information content (AvgIpc) is 3.19. The van der Waals surface area contributed by atoms with E-state index in [1.54, 1.807) is 7.11 Å². The maximum absolute atomic E-state index is 6.37. The van der Waals surface area contributed by atoms with Crippen molar-refractivity contribution < 1.29 is 9.47 Å². The molecule has 0 amide bonds. The van der Waals surface area contributed by atoms with Crippen LogP contribution in [0.4, 0.5) is 0 Å². The third kappa shape index (κ3) is 2.90. The molecular weight excluding hydrogens is 372 g/mol. The van der Waals surface area contributed by atoms with Crippen LogP contribution in [0.2, 0.25) is 5.02 Å². The van der Waals surface area contributed by atoms with E-state index in [1.165, 1.54) is 0 Å². The molecule has 3 aromatic carbocycles. The molecule has 0 radical (unpaired) electrons. The van der Waals surface area contributed by atoms with Gasteiger partial charge in [0.1, 0.15) is 11.5 Å². The lowest BCUT2D eigenvalue weighted by atomic mass is 9.96. The van der Waals surface area contributed by atoms with Crippen molar-refractivity contribution in [2.45, 2.75) is 18.7 Å². The second kappa shape index (κ2) is 6.88. The Bertz CT molecular complexity index is 1050. The van der Waals surface area contributed by atoms with E-state index in [-0.39, 0.29) is 12.3 Å². The first-order valence-corrected chi connectivity index (χ1v) is 9.62. The van der Waals surface area contributed by atoms with Gasteiger partial charge in [-0.1, -0.05) is 41.9 Å². The summed E-state index contributed by atoms with van der Waals surface area (Å²) >= 11 is 6.21. The molecule has 2 atom stereocenters. The zero-order valence-electron chi connectivity index (χ0n) is 15.4. The van der Waals surface area contributed by atoms with Crippen LogP contribution in [-0.4, -0.2) is 17.8 Å².